The molecule has 0 saturated heterocycles. The minimum atomic E-state index is 0.565. The largest absolute Gasteiger partial charge is 0.338 e. The number of rotatable bonds is 6. The van der Waals surface area contributed by atoms with E-state index >= 15 is 0 Å². The van der Waals surface area contributed by atoms with Gasteiger partial charge in [0.15, 0.2) is 0 Å². The van der Waals surface area contributed by atoms with Gasteiger partial charge in [0.05, 0.1) is 0 Å². The summed E-state index contributed by atoms with van der Waals surface area (Å²) in [6.07, 6.45) is 3.60. The van der Waals surface area contributed by atoms with Gasteiger partial charge in [-0.05, 0) is 37.1 Å². The molecule has 0 saturated carbocycles. The highest BCUT2D eigenvalue weighted by molar-refractivity contribution is 5.63. The molecule has 1 heteroatoms. The Labute approximate surface area is 116 Å². The third-order valence-corrected chi connectivity index (χ3v) is 3.53. The van der Waals surface area contributed by atoms with Crippen molar-refractivity contribution in [2.75, 3.05) is 4.90 Å². The first-order chi connectivity index (χ1) is 9.36. The summed E-state index contributed by atoms with van der Waals surface area (Å²) < 4.78 is 0. The van der Waals surface area contributed by atoms with E-state index in [0.29, 0.717) is 6.04 Å². The molecule has 0 amide bonds. The SMILES string of the molecule is CCCC(CC)N(c1ccccc1)c1ccccc1. The van der Waals surface area contributed by atoms with Crippen LogP contribution in [0.4, 0.5) is 11.4 Å². The predicted molar refractivity (Wildman–Crippen MR) is 84.0 cm³/mol. The number of hydrogen-bond acceptors (Lipinski definition) is 1. The molecule has 0 aliphatic carbocycles. The predicted octanol–water partition coefficient (Wildman–Crippen LogP) is 5.40. The van der Waals surface area contributed by atoms with Crippen molar-refractivity contribution < 1.29 is 0 Å². The summed E-state index contributed by atoms with van der Waals surface area (Å²) in [5.74, 6) is 0. The molecule has 0 bridgehead atoms. The standard InChI is InChI=1S/C18H23N/c1-3-11-16(4-2)19(17-12-7-5-8-13-17)18-14-9-6-10-15-18/h5-10,12-16H,3-4,11H2,1-2H3. The lowest BCUT2D eigenvalue weighted by atomic mass is 10.0. The van der Waals surface area contributed by atoms with Crippen molar-refractivity contribution in [3.63, 3.8) is 0 Å². The molecule has 1 nitrogen and oxygen atoms in total. The van der Waals surface area contributed by atoms with Gasteiger partial charge >= 0.3 is 0 Å². The highest BCUT2D eigenvalue weighted by Gasteiger charge is 2.17. The van der Waals surface area contributed by atoms with Gasteiger partial charge in [-0.25, -0.2) is 0 Å². The second kappa shape index (κ2) is 6.98. The van der Waals surface area contributed by atoms with Crippen molar-refractivity contribution in [3.05, 3.63) is 60.7 Å². The summed E-state index contributed by atoms with van der Waals surface area (Å²) in [5.41, 5.74) is 2.57. The lowest BCUT2D eigenvalue weighted by Crippen LogP contribution is -2.30. The normalized spacial score (nSPS) is 12.1. The van der Waals surface area contributed by atoms with Crippen molar-refractivity contribution in [2.24, 2.45) is 0 Å². The van der Waals surface area contributed by atoms with E-state index in [4.69, 9.17) is 0 Å². The lowest BCUT2D eigenvalue weighted by Gasteiger charge is -2.33. The Morgan fingerprint density at radius 3 is 1.63 bits per heavy atom. The molecule has 1 unspecified atom stereocenters. The van der Waals surface area contributed by atoms with Gasteiger partial charge in [-0.1, -0.05) is 56.7 Å². The number of para-hydroxylation sites is 2. The topological polar surface area (TPSA) is 3.24 Å². The van der Waals surface area contributed by atoms with E-state index < -0.39 is 0 Å². The van der Waals surface area contributed by atoms with Gasteiger partial charge < -0.3 is 4.90 Å². The zero-order valence-corrected chi connectivity index (χ0v) is 11.9. The van der Waals surface area contributed by atoms with Crippen molar-refractivity contribution in [2.45, 2.75) is 39.2 Å². The van der Waals surface area contributed by atoms with Crippen LogP contribution < -0.4 is 4.90 Å². The maximum absolute atomic E-state index is 2.48. The zero-order chi connectivity index (χ0) is 13.5. The van der Waals surface area contributed by atoms with Gasteiger partial charge in [0.25, 0.3) is 0 Å². The molecule has 0 spiro atoms. The first-order valence-electron chi connectivity index (χ1n) is 7.26. The van der Waals surface area contributed by atoms with Gasteiger partial charge in [0.1, 0.15) is 0 Å². The van der Waals surface area contributed by atoms with Crippen molar-refractivity contribution in [1.82, 2.24) is 0 Å². The van der Waals surface area contributed by atoms with Crippen LogP contribution in [0.25, 0.3) is 0 Å². The van der Waals surface area contributed by atoms with Gasteiger partial charge in [-0.2, -0.15) is 0 Å². The summed E-state index contributed by atoms with van der Waals surface area (Å²) in [4.78, 5) is 2.48. The molecule has 19 heavy (non-hydrogen) atoms. The first-order valence-corrected chi connectivity index (χ1v) is 7.26. The van der Waals surface area contributed by atoms with Crippen LogP contribution in [0.3, 0.4) is 0 Å². The second-order valence-corrected chi connectivity index (χ2v) is 4.89. The minimum Gasteiger partial charge on any atom is -0.338 e. The van der Waals surface area contributed by atoms with Gasteiger partial charge in [-0.15, -0.1) is 0 Å². The Hall–Kier alpha value is -1.76. The smallest absolute Gasteiger partial charge is 0.0413 e. The summed E-state index contributed by atoms with van der Waals surface area (Å²) >= 11 is 0. The van der Waals surface area contributed by atoms with Gasteiger partial charge in [0.2, 0.25) is 0 Å². The van der Waals surface area contributed by atoms with Gasteiger partial charge in [-0.3, -0.25) is 0 Å². The van der Waals surface area contributed by atoms with Crippen LogP contribution >= 0.6 is 0 Å². The monoisotopic (exact) mass is 253 g/mol. The summed E-state index contributed by atoms with van der Waals surface area (Å²) in [6, 6.07) is 22.0. The fourth-order valence-electron chi connectivity index (χ4n) is 2.60. The average molecular weight is 253 g/mol. The van der Waals surface area contributed by atoms with E-state index in [1.165, 1.54) is 24.2 Å². The third kappa shape index (κ3) is 3.37. The van der Waals surface area contributed by atoms with Crippen LogP contribution in [0.5, 0.6) is 0 Å². The molecular formula is C18H23N. The molecule has 0 aliphatic heterocycles. The number of anilines is 2. The Bertz CT molecular complexity index is 424. The molecule has 0 aliphatic rings. The maximum Gasteiger partial charge on any atom is 0.0413 e. The number of benzene rings is 2. The van der Waals surface area contributed by atoms with Crippen molar-refractivity contribution >= 4 is 11.4 Å². The molecule has 0 heterocycles. The highest BCUT2D eigenvalue weighted by atomic mass is 15.2. The zero-order valence-electron chi connectivity index (χ0n) is 11.9. The Morgan fingerprint density at radius 2 is 1.26 bits per heavy atom. The van der Waals surface area contributed by atoms with E-state index in [1.807, 2.05) is 0 Å². The lowest BCUT2D eigenvalue weighted by molar-refractivity contribution is 0.572. The van der Waals surface area contributed by atoms with Crippen molar-refractivity contribution in [1.29, 1.82) is 0 Å². The van der Waals surface area contributed by atoms with E-state index in [-0.39, 0.29) is 0 Å². The molecule has 0 aromatic heterocycles. The molecule has 0 radical (unpaired) electrons. The number of hydrogen-bond donors (Lipinski definition) is 0. The van der Waals surface area contributed by atoms with Crippen LogP contribution in [-0.2, 0) is 0 Å². The molecular weight excluding hydrogens is 230 g/mol. The number of nitrogens with zero attached hydrogens (tertiary/aromatic N) is 1. The van der Waals surface area contributed by atoms with E-state index in [2.05, 4.69) is 79.4 Å². The molecule has 2 rings (SSSR count). The maximum atomic E-state index is 2.48. The van der Waals surface area contributed by atoms with Gasteiger partial charge in [0, 0.05) is 17.4 Å². The van der Waals surface area contributed by atoms with Crippen LogP contribution in [0.1, 0.15) is 33.1 Å². The van der Waals surface area contributed by atoms with Crippen LogP contribution in [0, 0.1) is 0 Å². The molecule has 1 atom stereocenters. The summed E-state index contributed by atoms with van der Waals surface area (Å²) in [7, 11) is 0. The summed E-state index contributed by atoms with van der Waals surface area (Å²) in [6.45, 7) is 4.54. The molecule has 0 N–H and O–H groups in total. The fourth-order valence-corrected chi connectivity index (χ4v) is 2.60. The van der Waals surface area contributed by atoms with Crippen LogP contribution in [-0.4, -0.2) is 6.04 Å². The molecule has 100 valence electrons. The molecule has 2 aromatic carbocycles. The van der Waals surface area contributed by atoms with Crippen LogP contribution in [0.2, 0.25) is 0 Å². The fraction of sp³-hybridized carbons (Fsp3) is 0.333. The Balaban J connectivity index is 2.38. The van der Waals surface area contributed by atoms with Crippen molar-refractivity contribution in [3.8, 4) is 0 Å². The van der Waals surface area contributed by atoms with Crippen LogP contribution in [0.15, 0.2) is 60.7 Å². The minimum absolute atomic E-state index is 0.565. The van der Waals surface area contributed by atoms with E-state index in [9.17, 15) is 0 Å². The molecule has 2 aromatic rings. The quantitative estimate of drug-likeness (QED) is 0.666. The summed E-state index contributed by atoms with van der Waals surface area (Å²) in [5, 5.41) is 0. The molecule has 0 fully saturated rings. The van der Waals surface area contributed by atoms with E-state index in [1.54, 1.807) is 0 Å². The third-order valence-electron chi connectivity index (χ3n) is 3.53. The average Bonchev–Trinajstić information content (AvgIpc) is 2.49. The van der Waals surface area contributed by atoms with E-state index in [0.717, 1.165) is 6.42 Å². The Morgan fingerprint density at radius 1 is 0.789 bits per heavy atom. The highest BCUT2D eigenvalue weighted by Crippen LogP contribution is 2.30. The first kappa shape index (κ1) is 13.7. The Kier molecular flexibility index (Phi) is 5.02. The second-order valence-electron chi connectivity index (χ2n) is 4.89.